The lowest BCUT2D eigenvalue weighted by molar-refractivity contribution is -0.141. The number of rotatable bonds is 7. The first kappa shape index (κ1) is 30.1. The molecule has 41 heavy (non-hydrogen) atoms. The van der Waals surface area contributed by atoms with Gasteiger partial charge in [0.05, 0.1) is 12.0 Å². The van der Waals surface area contributed by atoms with Crippen molar-refractivity contribution in [2.24, 2.45) is 5.92 Å². The topological polar surface area (TPSA) is 53.1 Å². The molecule has 0 aliphatic carbocycles. The second-order valence-electron chi connectivity index (χ2n) is 12.0. The van der Waals surface area contributed by atoms with Gasteiger partial charge in [-0.25, -0.2) is 8.78 Å². The molecule has 1 amide bonds. The molecule has 0 N–H and O–H groups in total. The average Bonchev–Trinajstić information content (AvgIpc) is 3.38. The van der Waals surface area contributed by atoms with Crippen LogP contribution in [0, 0.1) is 24.5 Å². The lowest BCUT2D eigenvalue weighted by Gasteiger charge is -2.44. The van der Waals surface area contributed by atoms with Crippen LogP contribution in [0.15, 0.2) is 36.4 Å². The zero-order chi connectivity index (χ0) is 29.3. The Balaban J connectivity index is 1.32. The molecule has 3 heterocycles. The van der Waals surface area contributed by atoms with Gasteiger partial charge >= 0.3 is 0 Å². The van der Waals surface area contributed by atoms with Crippen molar-refractivity contribution in [3.8, 4) is 0 Å². The molecule has 9 heteroatoms. The Labute approximate surface area is 246 Å². The fourth-order valence-electron chi connectivity index (χ4n) is 6.92. The van der Waals surface area contributed by atoms with Crippen LogP contribution in [0.4, 0.5) is 8.78 Å². The Bertz CT molecular complexity index is 1270. The van der Waals surface area contributed by atoms with E-state index in [4.69, 9.17) is 16.3 Å². The molecule has 2 aromatic carbocycles. The molecule has 6 nitrogen and oxygen atoms in total. The van der Waals surface area contributed by atoms with Gasteiger partial charge in [-0.15, -0.1) is 0 Å². The number of piperazine rings is 1. The molecule has 0 radical (unpaired) electrons. The Hall–Kier alpha value is -2.39. The van der Waals surface area contributed by atoms with Gasteiger partial charge in [0.15, 0.2) is 0 Å². The number of nitrogens with zero attached hydrogens (tertiary/aromatic N) is 3. The summed E-state index contributed by atoms with van der Waals surface area (Å²) >= 11 is 6.05. The number of ketones is 1. The molecular formula is C32H40ClF2N3O3. The fraction of sp³-hybridized carbons (Fsp3) is 0.562. The van der Waals surface area contributed by atoms with Crippen molar-refractivity contribution in [2.45, 2.75) is 64.1 Å². The molecule has 3 aliphatic heterocycles. The summed E-state index contributed by atoms with van der Waals surface area (Å²) in [5, 5.41) is 0.337. The molecule has 3 fully saturated rings. The number of halogens is 3. The summed E-state index contributed by atoms with van der Waals surface area (Å²) in [5.41, 5.74) is 1.89. The molecule has 0 unspecified atom stereocenters. The number of ether oxygens (including phenoxy) is 1. The van der Waals surface area contributed by atoms with Gasteiger partial charge < -0.3 is 9.64 Å². The van der Waals surface area contributed by atoms with Crippen molar-refractivity contribution in [3.63, 3.8) is 0 Å². The van der Waals surface area contributed by atoms with Crippen LogP contribution in [0.25, 0.3) is 0 Å². The summed E-state index contributed by atoms with van der Waals surface area (Å²) in [7, 11) is 0. The van der Waals surface area contributed by atoms with Gasteiger partial charge in [-0.1, -0.05) is 29.8 Å². The smallest absolute Gasteiger partial charge is 0.227 e. The van der Waals surface area contributed by atoms with Crippen LogP contribution in [-0.4, -0.2) is 90.5 Å². The van der Waals surface area contributed by atoms with Crippen molar-refractivity contribution in [3.05, 3.63) is 69.7 Å². The predicted octanol–water partition coefficient (Wildman–Crippen LogP) is 4.85. The van der Waals surface area contributed by atoms with Crippen molar-refractivity contribution in [2.75, 3.05) is 45.9 Å². The van der Waals surface area contributed by atoms with Crippen molar-refractivity contribution >= 4 is 23.3 Å². The SMILES string of the molecule is CC(=O)[C@H](Cc1ccc(C)cc1F)N1CCN(C(=O)[C@@H]2CN(C3CCOCC3)C[C@H]2c2ccc(Cl)cc2F)[C@@H](C)C1. The third-order valence-electron chi connectivity index (χ3n) is 9.21. The lowest BCUT2D eigenvalue weighted by Crippen LogP contribution is -2.59. The molecule has 2 aromatic rings. The molecule has 4 atom stereocenters. The van der Waals surface area contributed by atoms with Crippen LogP contribution in [0.5, 0.6) is 0 Å². The Morgan fingerprint density at radius 1 is 1.02 bits per heavy atom. The Morgan fingerprint density at radius 3 is 2.44 bits per heavy atom. The monoisotopic (exact) mass is 587 g/mol. The van der Waals surface area contributed by atoms with Crippen LogP contribution in [0.1, 0.15) is 49.3 Å². The van der Waals surface area contributed by atoms with Gasteiger partial charge in [0.1, 0.15) is 17.4 Å². The maximum atomic E-state index is 15.2. The van der Waals surface area contributed by atoms with E-state index in [1.807, 2.05) is 24.8 Å². The number of Topliss-reactive ketones (excluding diaryl/α,β-unsaturated/α-hetero) is 1. The standard InChI is InChI=1S/C32H40ClF2N3O3/c1-20-4-5-23(29(34)14-20)15-31(22(3)39)36-10-11-38(21(2)17-36)32(40)28-19-37(25-8-12-41-13-9-25)18-27(28)26-7-6-24(33)16-30(26)35/h4-7,14,16,21,25,27-28,31H,8-13,15,17-19H2,1-3H3/t21-,27-,28+,31-/m0/s1. The largest absolute Gasteiger partial charge is 0.381 e. The number of carbonyl (C=O) groups is 2. The number of carbonyl (C=O) groups excluding carboxylic acids is 2. The van der Waals surface area contributed by atoms with Crippen molar-refractivity contribution < 1.29 is 23.1 Å². The summed E-state index contributed by atoms with van der Waals surface area (Å²) in [5.74, 6) is -1.32. The average molecular weight is 588 g/mol. The fourth-order valence-corrected chi connectivity index (χ4v) is 7.07. The molecule has 0 bridgehead atoms. The predicted molar refractivity (Wildman–Crippen MR) is 155 cm³/mol. The first-order valence-corrected chi connectivity index (χ1v) is 15.1. The molecule has 222 valence electrons. The lowest BCUT2D eigenvalue weighted by atomic mass is 9.87. The second-order valence-corrected chi connectivity index (χ2v) is 12.4. The normalized spacial score (nSPS) is 25.4. The summed E-state index contributed by atoms with van der Waals surface area (Å²) in [6.45, 7) is 9.46. The number of hydrogen-bond donors (Lipinski definition) is 0. The van der Waals surface area contributed by atoms with E-state index in [1.54, 1.807) is 25.1 Å². The van der Waals surface area contributed by atoms with E-state index in [1.165, 1.54) is 12.1 Å². The molecule has 3 saturated heterocycles. The summed E-state index contributed by atoms with van der Waals surface area (Å²) < 4.78 is 35.3. The van der Waals surface area contributed by atoms with Gasteiger partial charge in [-0.3, -0.25) is 19.4 Å². The van der Waals surface area contributed by atoms with Crippen LogP contribution in [0.2, 0.25) is 5.02 Å². The summed E-state index contributed by atoms with van der Waals surface area (Å²) in [6.07, 6.45) is 2.10. The minimum atomic E-state index is -0.460. The zero-order valence-corrected chi connectivity index (χ0v) is 24.9. The first-order valence-electron chi connectivity index (χ1n) is 14.7. The third-order valence-corrected chi connectivity index (χ3v) is 9.44. The molecule has 3 aliphatic rings. The molecule has 5 rings (SSSR count). The third kappa shape index (κ3) is 6.66. The van der Waals surface area contributed by atoms with E-state index in [0.29, 0.717) is 74.5 Å². The van der Waals surface area contributed by atoms with E-state index >= 15 is 4.39 Å². The number of amides is 1. The van der Waals surface area contributed by atoms with E-state index in [-0.39, 0.29) is 41.2 Å². The van der Waals surface area contributed by atoms with Crippen LogP contribution >= 0.6 is 11.6 Å². The quantitative estimate of drug-likeness (QED) is 0.463. The highest BCUT2D eigenvalue weighted by molar-refractivity contribution is 6.30. The number of likely N-dealkylation sites (tertiary alicyclic amines) is 1. The van der Waals surface area contributed by atoms with Gasteiger partial charge in [0, 0.05) is 69.0 Å². The van der Waals surface area contributed by atoms with Gasteiger partial charge in [-0.2, -0.15) is 0 Å². The maximum Gasteiger partial charge on any atom is 0.227 e. The van der Waals surface area contributed by atoms with Crippen LogP contribution in [-0.2, 0) is 20.7 Å². The molecule has 0 aromatic heterocycles. The minimum Gasteiger partial charge on any atom is -0.381 e. The van der Waals surface area contributed by atoms with E-state index in [2.05, 4.69) is 9.80 Å². The molecular weight excluding hydrogens is 548 g/mol. The summed E-state index contributed by atoms with van der Waals surface area (Å²) in [6, 6.07) is 9.56. The highest BCUT2D eigenvalue weighted by Gasteiger charge is 2.45. The highest BCUT2D eigenvalue weighted by atomic mass is 35.5. The van der Waals surface area contributed by atoms with E-state index in [0.717, 1.165) is 18.4 Å². The van der Waals surface area contributed by atoms with Crippen molar-refractivity contribution in [1.29, 1.82) is 0 Å². The Morgan fingerprint density at radius 2 is 1.78 bits per heavy atom. The molecule has 0 saturated carbocycles. The van der Waals surface area contributed by atoms with Crippen LogP contribution in [0.3, 0.4) is 0 Å². The number of hydrogen-bond acceptors (Lipinski definition) is 5. The van der Waals surface area contributed by atoms with Crippen LogP contribution < -0.4 is 0 Å². The van der Waals surface area contributed by atoms with E-state index < -0.39 is 6.04 Å². The molecule has 0 spiro atoms. The van der Waals surface area contributed by atoms with Crippen molar-refractivity contribution in [1.82, 2.24) is 14.7 Å². The zero-order valence-electron chi connectivity index (χ0n) is 24.1. The highest BCUT2D eigenvalue weighted by Crippen LogP contribution is 2.39. The summed E-state index contributed by atoms with van der Waals surface area (Å²) in [4.78, 5) is 33.2. The first-order chi connectivity index (χ1) is 19.6. The van der Waals surface area contributed by atoms with Gasteiger partial charge in [-0.05, 0) is 74.9 Å². The minimum absolute atomic E-state index is 0.0156. The number of aryl methyl sites for hydroxylation is 1. The van der Waals surface area contributed by atoms with Gasteiger partial charge in [0.2, 0.25) is 5.91 Å². The Kier molecular flexibility index (Phi) is 9.43. The maximum absolute atomic E-state index is 15.2. The second kappa shape index (κ2) is 12.9. The number of benzene rings is 2. The van der Waals surface area contributed by atoms with E-state index in [9.17, 15) is 14.0 Å². The van der Waals surface area contributed by atoms with Gasteiger partial charge in [0.25, 0.3) is 0 Å².